The van der Waals surface area contributed by atoms with Gasteiger partial charge in [-0.15, -0.1) is 0 Å². The predicted molar refractivity (Wildman–Crippen MR) is 232 cm³/mol. The minimum atomic E-state index is -0.135. The number of furan rings is 1. The molecule has 2 nitrogen and oxygen atoms in total. The Morgan fingerprint density at radius 3 is 1.93 bits per heavy atom. The maximum absolute atomic E-state index is 6.81. The third-order valence-electron chi connectivity index (χ3n) is 11.9. The van der Waals surface area contributed by atoms with Gasteiger partial charge in [-0.05, 0) is 97.4 Å². The van der Waals surface area contributed by atoms with E-state index < -0.39 is 0 Å². The normalized spacial score (nSPS) is 13.1. The molecule has 1 aliphatic carbocycles. The van der Waals surface area contributed by atoms with Gasteiger partial charge in [0.15, 0.2) is 0 Å². The molecule has 0 amide bonds. The lowest BCUT2D eigenvalue weighted by Crippen LogP contribution is -2.16. The lowest BCUT2D eigenvalue weighted by Gasteiger charge is -2.30. The first-order valence-corrected chi connectivity index (χ1v) is 19.1. The zero-order valence-corrected chi connectivity index (χ0v) is 30.8. The molecule has 0 N–H and O–H groups in total. The van der Waals surface area contributed by atoms with Gasteiger partial charge in [0.25, 0.3) is 0 Å². The molecule has 0 spiro atoms. The molecule has 11 rings (SSSR count). The van der Waals surface area contributed by atoms with Gasteiger partial charge in [0.1, 0.15) is 11.2 Å². The van der Waals surface area contributed by atoms with Crippen molar-refractivity contribution in [2.24, 2.45) is 0 Å². The number of hydrogen-bond donors (Lipinski definition) is 0. The second kappa shape index (κ2) is 12.1. The van der Waals surface area contributed by atoms with Crippen molar-refractivity contribution in [1.29, 1.82) is 0 Å². The average molecular weight is 704 g/mol. The first-order chi connectivity index (χ1) is 27.1. The highest BCUT2D eigenvalue weighted by Gasteiger charge is 2.38. The van der Waals surface area contributed by atoms with Crippen molar-refractivity contribution < 1.29 is 4.42 Å². The Kier molecular flexibility index (Phi) is 6.93. The third kappa shape index (κ3) is 4.74. The van der Waals surface area contributed by atoms with Crippen LogP contribution in [0.2, 0.25) is 0 Å². The first kappa shape index (κ1) is 31.6. The van der Waals surface area contributed by atoms with E-state index in [-0.39, 0.29) is 5.41 Å². The van der Waals surface area contributed by atoms with Crippen molar-refractivity contribution in [1.82, 2.24) is 0 Å². The summed E-state index contributed by atoms with van der Waals surface area (Å²) < 4.78 is 6.81. The van der Waals surface area contributed by atoms with Gasteiger partial charge in [0.05, 0.1) is 16.8 Å². The number of rotatable bonds is 5. The number of para-hydroxylation sites is 1. The van der Waals surface area contributed by atoms with Gasteiger partial charge in [-0.2, -0.15) is 0 Å². The van der Waals surface area contributed by atoms with Gasteiger partial charge in [-0.25, -0.2) is 0 Å². The molecular formula is C53H37NO. The smallest absolute Gasteiger partial charge is 0.145 e. The van der Waals surface area contributed by atoms with Crippen LogP contribution in [0.3, 0.4) is 0 Å². The molecule has 9 aromatic carbocycles. The summed E-state index contributed by atoms with van der Waals surface area (Å²) in [6.45, 7) is 4.70. The molecule has 0 saturated carbocycles. The van der Waals surface area contributed by atoms with Crippen LogP contribution in [0.5, 0.6) is 0 Å². The highest BCUT2D eigenvalue weighted by Crippen LogP contribution is 2.55. The summed E-state index contributed by atoms with van der Waals surface area (Å²) in [5.74, 6) is 0. The Labute approximate surface area is 320 Å². The van der Waals surface area contributed by atoms with E-state index in [2.05, 4.69) is 207 Å². The topological polar surface area (TPSA) is 16.4 Å². The Morgan fingerprint density at radius 2 is 1.09 bits per heavy atom. The standard InChI is InChI=1S/C53H37NO/c1-53(2)45-23-12-10-21-42(45)50-46(53)24-14-25-47(50)54(48-32-31-39(34-15-4-3-5-16-34)52-51(48)43-22-11-13-26-49(43)55-52)37-29-27-35(28-30-37)44-33-36-17-6-7-18-38(36)40-19-8-9-20-41(40)44/h3-33H,1-2H3. The second-order valence-corrected chi connectivity index (χ2v) is 15.2. The molecule has 1 heterocycles. The van der Waals surface area contributed by atoms with E-state index in [1.165, 1.54) is 54.9 Å². The largest absolute Gasteiger partial charge is 0.455 e. The summed E-state index contributed by atoms with van der Waals surface area (Å²) in [4.78, 5) is 2.47. The number of benzene rings is 9. The predicted octanol–water partition coefficient (Wildman–Crippen LogP) is 15.0. The lowest BCUT2D eigenvalue weighted by atomic mass is 9.82. The van der Waals surface area contributed by atoms with Crippen LogP contribution in [0, 0.1) is 0 Å². The van der Waals surface area contributed by atoms with Crippen molar-refractivity contribution >= 4 is 60.5 Å². The van der Waals surface area contributed by atoms with Gasteiger partial charge in [0.2, 0.25) is 0 Å². The van der Waals surface area contributed by atoms with E-state index in [1.54, 1.807) is 0 Å². The maximum atomic E-state index is 6.81. The van der Waals surface area contributed by atoms with E-state index in [0.29, 0.717) is 0 Å². The summed E-state index contributed by atoms with van der Waals surface area (Å²) in [6, 6.07) is 68.3. The van der Waals surface area contributed by atoms with E-state index >= 15 is 0 Å². The molecule has 0 atom stereocenters. The Balaban J connectivity index is 1.18. The van der Waals surface area contributed by atoms with Gasteiger partial charge in [0, 0.05) is 27.6 Å². The number of fused-ring (bicyclic) bond motifs is 9. The van der Waals surface area contributed by atoms with Gasteiger partial charge >= 0.3 is 0 Å². The summed E-state index contributed by atoms with van der Waals surface area (Å²) in [5, 5.41) is 7.26. The van der Waals surface area contributed by atoms with Crippen molar-refractivity contribution in [3.8, 4) is 33.4 Å². The Morgan fingerprint density at radius 1 is 0.436 bits per heavy atom. The SMILES string of the molecule is CC1(C)c2ccccc2-c2c(N(c3ccc(-c4cc5ccccc5c5ccccc45)cc3)c3ccc(-c4ccccc4)c4oc5ccccc5c34)cccc21. The van der Waals surface area contributed by atoms with Crippen LogP contribution < -0.4 is 4.90 Å². The molecule has 0 aliphatic heterocycles. The highest BCUT2D eigenvalue weighted by molar-refractivity contribution is 6.18. The summed E-state index contributed by atoms with van der Waals surface area (Å²) in [6.07, 6.45) is 0. The average Bonchev–Trinajstić information content (AvgIpc) is 3.74. The highest BCUT2D eigenvalue weighted by atomic mass is 16.3. The molecule has 0 bridgehead atoms. The van der Waals surface area contributed by atoms with Crippen molar-refractivity contribution in [3.63, 3.8) is 0 Å². The molecule has 0 unspecified atom stereocenters. The number of nitrogens with zero attached hydrogens (tertiary/aromatic N) is 1. The summed E-state index contributed by atoms with van der Waals surface area (Å²) in [7, 11) is 0. The molecule has 0 radical (unpaired) electrons. The molecule has 10 aromatic rings. The molecule has 260 valence electrons. The minimum absolute atomic E-state index is 0.135. The molecule has 1 aliphatic rings. The van der Waals surface area contributed by atoms with Crippen molar-refractivity contribution in [3.05, 3.63) is 199 Å². The number of hydrogen-bond acceptors (Lipinski definition) is 2. The fourth-order valence-corrected chi connectivity index (χ4v) is 9.25. The van der Waals surface area contributed by atoms with Crippen LogP contribution in [-0.2, 0) is 5.41 Å². The lowest BCUT2D eigenvalue weighted by molar-refractivity contribution is 0.660. The maximum Gasteiger partial charge on any atom is 0.145 e. The Bertz CT molecular complexity index is 3110. The van der Waals surface area contributed by atoms with Crippen LogP contribution in [0.4, 0.5) is 17.1 Å². The molecule has 2 heteroatoms. The van der Waals surface area contributed by atoms with E-state index in [1.807, 2.05) is 0 Å². The van der Waals surface area contributed by atoms with Crippen LogP contribution in [0.15, 0.2) is 192 Å². The molecule has 0 fully saturated rings. The van der Waals surface area contributed by atoms with E-state index in [9.17, 15) is 0 Å². The van der Waals surface area contributed by atoms with Gasteiger partial charge < -0.3 is 9.32 Å². The third-order valence-corrected chi connectivity index (χ3v) is 11.9. The van der Waals surface area contributed by atoms with Crippen LogP contribution in [0.1, 0.15) is 25.0 Å². The zero-order chi connectivity index (χ0) is 36.7. The number of anilines is 3. The van der Waals surface area contributed by atoms with E-state index in [0.717, 1.165) is 50.1 Å². The molecule has 55 heavy (non-hydrogen) atoms. The molecule has 1 aromatic heterocycles. The summed E-state index contributed by atoms with van der Waals surface area (Å²) in [5.41, 5.74) is 14.9. The van der Waals surface area contributed by atoms with Crippen LogP contribution >= 0.6 is 0 Å². The fraction of sp³-hybridized carbons (Fsp3) is 0.0566. The quantitative estimate of drug-likeness (QED) is 0.166. The minimum Gasteiger partial charge on any atom is -0.455 e. The van der Waals surface area contributed by atoms with Crippen LogP contribution in [-0.4, -0.2) is 0 Å². The fourth-order valence-electron chi connectivity index (χ4n) is 9.25. The Hall–Kier alpha value is -6.90. The van der Waals surface area contributed by atoms with Crippen LogP contribution in [0.25, 0.3) is 76.9 Å². The second-order valence-electron chi connectivity index (χ2n) is 15.2. The first-order valence-electron chi connectivity index (χ1n) is 19.1. The van der Waals surface area contributed by atoms with Gasteiger partial charge in [-0.3, -0.25) is 0 Å². The monoisotopic (exact) mass is 703 g/mol. The van der Waals surface area contributed by atoms with E-state index in [4.69, 9.17) is 4.42 Å². The summed E-state index contributed by atoms with van der Waals surface area (Å²) >= 11 is 0. The molecule has 0 saturated heterocycles. The van der Waals surface area contributed by atoms with Crippen molar-refractivity contribution in [2.75, 3.05) is 4.90 Å². The molecular weight excluding hydrogens is 667 g/mol. The zero-order valence-electron chi connectivity index (χ0n) is 30.8. The van der Waals surface area contributed by atoms with Gasteiger partial charge in [-0.1, -0.05) is 159 Å². The van der Waals surface area contributed by atoms with Crippen molar-refractivity contribution in [2.45, 2.75) is 19.3 Å².